The number of hydrogen-bond donors (Lipinski definition) is 2. The van der Waals surface area contributed by atoms with E-state index in [1.165, 1.54) is 17.3 Å². The molecule has 1 fully saturated rings. The number of carbonyl (C=O) groups is 1. The molecular weight excluding hydrogens is 274 g/mol. The van der Waals surface area contributed by atoms with Crippen molar-refractivity contribution in [2.45, 2.75) is 45.1 Å². The fourth-order valence-electron chi connectivity index (χ4n) is 2.63. The average Bonchev–Trinajstić information content (AvgIpc) is 3.02. The lowest BCUT2D eigenvalue weighted by atomic mass is 10.1. The van der Waals surface area contributed by atoms with Crippen LogP contribution in [0.15, 0.2) is 36.0 Å². The highest BCUT2D eigenvalue weighted by Gasteiger charge is 2.18. The molecule has 2 N–H and O–H groups in total. The van der Waals surface area contributed by atoms with Gasteiger partial charge in [0.2, 0.25) is 0 Å². The maximum atomic E-state index is 12.0. The maximum Gasteiger partial charge on any atom is 0.263 e. The van der Waals surface area contributed by atoms with Gasteiger partial charge in [0.15, 0.2) is 0 Å². The van der Waals surface area contributed by atoms with Gasteiger partial charge in [0.05, 0.1) is 0 Å². The predicted molar refractivity (Wildman–Crippen MR) is 87.0 cm³/mol. The summed E-state index contributed by atoms with van der Waals surface area (Å²) < 4.78 is 0. The van der Waals surface area contributed by atoms with Crippen molar-refractivity contribution in [3.8, 4) is 6.07 Å². The number of nitriles is 1. The first-order chi connectivity index (χ1) is 10.7. The van der Waals surface area contributed by atoms with Gasteiger partial charge in [-0.1, -0.05) is 42.7 Å². The van der Waals surface area contributed by atoms with E-state index in [9.17, 15) is 4.79 Å². The van der Waals surface area contributed by atoms with Crippen LogP contribution in [0.5, 0.6) is 0 Å². The molecule has 1 aliphatic carbocycles. The van der Waals surface area contributed by atoms with Gasteiger partial charge >= 0.3 is 0 Å². The average molecular weight is 297 g/mol. The highest BCUT2D eigenvalue weighted by Crippen LogP contribution is 2.17. The molecule has 116 valence electrons. The molecule has 2 rings (SSSR count). The Morgan fingerprint density at radius 1 is 1.32 bits per heavy atom. The van der Waals surface area contributed by atoms with Crippen molar-refractivity contribution in [2.24, 2.45) is 0 Å². The van der Waals surface area contributed by atoms with E-state index < -0.39 is 0 Å². The third-order valence-electron chi connectivity index (χ3n) is 3.98. The van der Waals surface area contributed by atoms with E-state index >= 15 is 0 Å². The Hall–Kier alpha value is -2.28. The number of nitrogens with zero attached hydrogens (tertiary/aromatic N) is 1. The first-order valence-electron chi connectivity index (χ1n) is 7.89. The second-order valence-electron chi connectivity index (χ2n) is 5.81. The van der Waals surface area contributed by atoms with E-state index in [0.717, 1.165) is 32.1 Å². The number of carbonyl (C=O) groups excluding carboxylic acids is 1. The number of rotatable bonds is 6. The molecule has 1 aliphatic rings. The summed E-state index contributed by atoms with van der Waals surface area (Å²) >= 11 is 0. The Kier molecular flexibility index (Phi) is 6.02. The Balaban J connectivity index is 1.77. The first kappa shape index (κ1) is 16.1. The van der Waals surface area contributed by atoms with Crippen LogP contribution in [0.3, 0.4) is 0 Å². The van der Waals surface area contributed by atoms with Gasteiger partial charge in [-0.05, 0) is 31.7 Å². The molecule has 1 saturated carbocycles. The Morgan fingerprint density at radius 2 is 2.00 bits per heavy atom. The molecule has 0 unspecified atom stereocenters. The zero-order valence-electron chi connectivity index (χ0n) is 13.1. The summed E-state index contributed by atoms with van der Waals surface area (Å²) in [5, 5.41) is 15.1. The molecule has 1 aromatic carbocycles. The molecule has 1 aromatic rings. The molecule has 0 bridgehead atoms. The van der Waals surface area contributed by atoms with Crippen LogP contribution < -0.4 is 10.6 Å². The summed E-state index contributed by atoms with van der Waals surface area (Å²) in [4.78, 5) is 12.0. The van der Waals surface area contributed by atoms with E-state index in [1.54, 1.807) is 0 Å². The third kappa shape index (κ3) is 4.92. The first-order valence-corrected chi connectivity index (χ1v) is 7.89. The van der Waals surface area contributed by atoms with Crippen LogP contribution in [-0.2, 0) is 11.2 Å². The molecule has 0 heterocycles. The number of hydrogen-bond acceptors (Lipinski definition) is 3. The van der Waals surface area contributed by atoms with Crippen molar-refractivity contribution in [3.05, 3.63) is 47.2 Å². The van der Waals surface area contributed by atoms with Crippen LogP contribution in [0.1, 0.15) is 36.8 Å². The molecule has 4 nitrogen and oxygen atoms in total. The summed E-state index contributed by atoms with van der Waals surface area (Å²) in [5.74, 6) is -0.266. The Labute approximate surface area is 132 Å². The molecular formula is C18H23N3O. The lowest BCUT2D eigenvalue weighted by molar-refractivity contribution is -0.117. The predicted octanol–water partition coefficient (Wildman–Crippen LogP) is 2.59. The maximum absolute atomic E-state index is 12.0. The highest BCUT2D eigenvalue weighted by atomic mass is 16.1. The van der Waals surface area contributed by atoms with E-state index in [1.807, 2.05) is 6.07 Å². The molecule has 0 aliphatic heterocycles. The lowest BCUT2D eigenvalue weighted by Crippen LogP contribution is -2.34. The molecule has 0 aromatic heterocycles. The van der Waals surface area contributed by atoms with Gasteiger partial charge in [-0.25, -0.2) is 0 Å². The molecule has 4 heteroatoms. The fourth-order valence-corrected chi connectivity index (χ4v) is 2.63. The van der Waals surface area contributed by atoms with Gasteiger partial charge in [0, 0.05) is 18.8 Å². The molecule has 0 saturated heterocycles. The standard InChI is InChI=1S/C18H23N3O/c1-14-6-8-15(9-7-14)10-11-20-13-16(12-19)18(22)21-17-4-2-3-5-17/h6-9,13,17,20H,2-5,10-11H2,1H3,(H,21,22)/b16-13-. The second kappa shape index (κ2) is 8.23. The Morgan fingerprint density at radius 3 is 2.64 bits per heavy atom. The zero-order chi connectivity index (χ0) is 15.8. The van der Waals surface area contributed by atoms with Crippen molar-refractivity contribution in [2.75, 3.05) is 6.54 Å². The third-order valence-corrected chi connectivity index (χ3v) is 3.98. The molecule has 22 heavy (non-hydrogen) atoms. The van der Waals surface area contributed by atoms with Crippen molar-refractivity contribution < 1.29 is 4.79 Å². The van der Waals surface area contributed by atoms with E-state index in [0.29, 0.717) is 6.54 Å². The zero-order valence-corrected chi connectivity index (χ0v) is 13.1. The molecule has 0 radical (unpaired) electrons. The van der Waals surface area contributed by atoms with Crippen molar-refractivity contribution in [1.29, 1.82) is 5.26 Å². The van der Waals surface area contributed by atoms with Gasteiger partial charge in [-0.15, -0.1) is 0 Å². The van der Waals surface area contributed by atoms with Crippen LogP contribution in [0.4, 0.5) is 0 Å². The molecule has 0 atom stereocenters. The fraction of sp³-hybridized carbons (Fsp3) is 0.444. The van der Waals surface area contributed by atoms with Gasteiger partial charge in [0.25, 0.3) is 5.91 Å². The topological polar surface area (TPSA) is 64.9 Å². The van der Waals surface area contributed by atoms with Crippen LogP contribution in [0.25, 0.3) is 0 Å². The molecule has 0 spiro atoms. The smallest absolute Gasteiger partial charge is 0.263 e. The van der Waals surface area contributed by atoms with E-state index in [4.69, 9.17) is 5.26 Å². The number of aryl methyl sites for hydroxylation is 1. The number of benzene rings is 1. The summed E-state index contributed by atoms with van der Waals surface area (Å²) in [6, 6.07) is 10.6. The minimum Gasteiger partial charge on any atom is -0.389 e. The van der Waals surface area contributed by atoms with Crippen LogP contribution in [0, 0.1) is 18.3 Å². The minimum absolute atomic E-state index is 0.149. The second-order valence-corrected chi connectivity index (χ2v) is 5.81. The van der Waals surface area contributed by atoms with Crippen molar-refractivity contribution in [1.82, 2.24) is 10.6 Å². The normalized spacial score (nSPS) is 15.4. The summed E-state index contributed by atoms with van der Waals surface area (Å²) in [6.07, 6.45) is 6.74. The lowest BCUT2D eigenvalue weighted by Gasteiger charge is -2.11. The van der Waals surface area contributed by atoms with Gasteiger partial charge in [-0.3, -0.25) is 4.79 Å². The summed E-state index contributed by atoms with van der Waals surface area (Å²) in [6.45, 7) is 2.76. The van der Waals surface area contributed by atoms with Crippen molar-refractivity contribution >= 4 is 5.91 Å². The minimum atomic E-state index is -0.266. The summed E-state index contributed by atoms with van der Waals surface area (Å²) in [7, 11) is 0. The van der Waals surface area contributed by atoms with E-state index in [-0.39, 0.29) is 17.5 Å². The van der Waals surface area contributed by atoms with Gasteiger partial charge in [-0.2, -0.15) is 5.26 Å². The largest absolute Gasteiger partial charge is 0.389 e. The van der Waals surface area contributed by atoms with Gasteiger partial charge < -0.3 is 10.6 Å². The number of nitrogens with one attached hydrogen (secondary N) is 2. The van der Waals surface area contributed by atoms with Crippen LogP contribution >= 0.6 is 0 Å². The van der Waals surface area contributed by atoms with Crippen LogP contribution in [0.2, 0.25) is 0 Å². The van der Waals surface area contributed by atoms with Crippen LogP contribution in [-0.4, -0.2) is 18.5 Å². The monoisotopic (exact) mass is 297 g/mol. The Bertz CT molecular complexity index is 563. The SMILES string of the molecule is Cc1ccc(CCN/C=C(/C#N)C(=O)NC2CCCC2)cc1. The van der Waals surface area contributed by atoms with Crippen molar-refractivity contribution in [3.63, 3.8) is 0 Å². The molecule has 1 amide bonds. The highest BCUT2D eigenvalue weighted by molar-refractivity contribution is 5.97. The summed E-state index contributed by atoms with van der Waals surface area (Å²) in [5.41, 5.74) is 2.63. The number of amides is 1. The quantitative estimate of drug-likeness (QED) is 0.482. The van der Waals surface area contributed by atoms with E-state index in [2.05, 4.69) is 41.8 Å². The van der Waals surface area contributed by atoms with Gasteiger partial charge in [0.1, 0.15) is 11.6 Å².